The van der Waals surface area contributed by atoms with Gasteiger partial charge in [-0.2, -0.15) is 0 Å². The van der Waals surface area contributed by atoms with Gasteiger partial charge in [0.15, 0.2) is 0 Å². The van der Waals surface area contributed by atoms with Crippen LogP contribution in [0, 0.1) is 0 Å². The minimum atomic E-state index is -0.311. The molecule has 1 aliphatic rings. The fourth-order valence-electron chi connectivity index (χ4n) is 2.00. The summed E-state index contributed by atoms with van der Waals surface area (Å²) in [5, 5.41) is 9.34. The van der Waals surface area contributed by atoms with Crippen LogP contribution in [0.1, 0.15) is 12.5 Å². The van der Waals surface area contributed by atoms with E-state index in [0.29, 0.717) is 12.5 Å². The minimum absolute atomic E-state index is 0.305. The number of likely N-dealkylation sites (tertiary alicyclic amines) is 1. The highest BCUT2D eigenvalue weighted by molar-refractivity contribution is 9.10. The molecule has 1 aliphatic heterocycles. The number of ether oxygens (including phenoxy) is 1. The second kappa shape index (κ2) is 5.38. The molecule has 0 amide bonds. The highest BCUT2D eigenvalue weighted by atomic mass is 79.9. The molecular formula is C13H18BrNO2. The molecule has 1 N–H and O–H groups in total. The van der Waals surface area contributed by atoms with Gasteiger partial charge in [-0.3, -0.25) is 4.90 Å². The number of nitrogens with zero attached hydrogens (tertiary/aromatic N) is 1. The molecule has 1 saturated heterocycles. The lowest BCUT2D eigenvalue weighted by atomic mass is 10.1. The molecule has 0 saturated carbocycles. The fraction of sp³-hybridized carbons (Fsp3) is 0.538. The number of halogens is 1. The lowest BCUT2D eigenvalue weighted by Crippen LogP contribution is -2.51. The summed E-state index contributed by atoms with van der Waals surface area (Å²) in [6.07, 6.45) is 0.665. The Bertz CT molecular complexity index is 389. The van der Waals surface area contributed by atoms with Gasteiger partial charge in [-0.05, 0) is 54.0 Å². The summed E-state index contributed by atoms with van der Waals surface area (Å²) in [6, 6.07) is 6.00. The quantitative estimate of drug-likeness (QED) is 0.924. The highest BCUT2D eigenvalue weighted by Gasteiger charge is 2.25. The maximum Gasteiger partial charge on any atom is 0.134 e. The molecule has 0 bridgehead atoms. The van der Waals surface area contributed by atoms with Crippen LogP contribution < -0.4 is 4.74 Å². The van der Waals surface area contributed by atoms with Crippen LogP contribution in [0.2, 0.25) is 0 Å². The van der Waals surface area contributed by atoms with E-state index in [9.17, 15) is 5.11 Å². The van der Waals surface area contributed by atoms with Crippen LogP contribution in [0.3, 0.4) is 0 Å². The molecule has 94 valence electrons. The van der Waals surface area contributed by atoms with Crippen molar-refractivity contribution in [1.29, 1.82) is 0 Å². The molecule has 2 rings (SSSR count). The smallest absolute Gasteiger partial charge is 0.134 e. The summed E-state index contributed by atoms with van der Waals surface area (Å²) in [5.41, 5.74) is 1.12. The van der Waals surface area contributed by atoms with Crippen molar-refractivity contribution in [3.05, 3.63) is 28.2 Å². The Morgan fingerprint density at radius 1 is 1.53 bits per heavy atom. The van der Waals surface area contributed by atoms with Gasteiger partial charge in [0.05, 0.1) is 10.6 Å². The van der Waals surface area contributed by atoms with E-state index in [4.69, 9.17) is 4.74 Å². The predicted octanol–water partition coefficient (Wildman–Crippen LogP) is 2.07. The van der Waals surface area contributed by atoms with Gasteiger partial charge >= 0.3 is 0 Å². The Balaban J connectivity index is 1.99. The zero-order valence-corrected chi connectivity index (χ0v) is 11.8. The van der Waals surface area contributed by atoms with Crippen molar-refractivity contribution < 1.29 is 9.84 Å². The number of hydrogen-bond donors (Lipinski definition) is 1. The molecule has 0 aliphatic carbocycles. The maximum absolute atomic E-state index is 9.34. The van der Waals surface area contributed by atoms with Crippen molar-refractivity contribution in [3.8, 4) is 5.75 Å². The van der Waals surface area contributed by atoms with Crippen molar-refractivity contribution in [2.45, 2.75) is 25.6 Å². The zero-order chi connectivity index (χ0) is 12.4. The third-order valence-electron chi connectivity index (χ3n) is 2.85. The molecule has 1 fully saturated rings. The first-order valence-corrected chi connectivity index (χ1v) is 6.65. The first kappa shape index (κ1) is 12.9. The van der Waals surface area contributed by atoms with Crippen LogP contribution in [0.25, 0.3) is 0 Å². The summed E-state index contributed by atoms with van der Waals surface area (Å²) in [6.45, 7) is 3.77. The summed E-state index contributed by atoms with van der Waals surface area (Å²) in [7, 11) is 2.08. The van der Waals surface area contributed by atoms with E-state index >= 15 is 0 Å². The molecule has 1 aromatic carbocycles. The monoisotopic (exact) mass is 299 g/mol. The number of benzene rings is 1. The first-order valence-electron chi connectivity index (χ1n) is 5.86. The summed E-state index contributed by atoms with van der Waals surface area (Å²) < 4.78 is 6.82. The molecular weight excluding hydrogens is 282 g/mol. The topological polar surface area (TPSA) is 32.7 Å². The Morgan fingerprint density at radius 2 is 2.24 bits per heavy atom. The number of aliphatic hydroxyl groups excluding tert-OH is 1. The predicted molar refractivity (Wildman–Crippen MR) is 71.4 cm³/mol. The highest BCUT2D eigenvalue weighted by Crippen LogP contribution is 2.28. The average molecular weight is 300 g/mol. The molecule has 1 heterocycles. The van der Waals surface area contributed by atoms with E-state index in [1.807, 2.05) is 18.2 Å². The van der Waals surface area contributed by atoms with Gasteiger partial charge in [-0.15, -0.1) is 0 Å². The average Bonchev–Trinajstić information content (AvgIpc) is 2.18. The lowest BCUT2D eigenvalue weighted by molar-refractivity contribution is 0.0383. The van der Waals surface area contributed by atoms with Crippen LogP contribution in [-0.4, -0.2) is 42.4 Å². The van der Waals surface area contributed by atoms with E-state index in [1.165, 1.54) is 0 Å². The molecule has 0 spiro atoms. The first-order chi connectivity index (χ1) is 8.04. The third kappa shape index (κ3) is 3.44. The normalized spacial score (nSPS) is 18.8. The molecule has 1 atom stereocenters. The molecule has 3 nitrogen and oxygen atoms in total. The molecule has 0 aromatic heterocycles. The van der Waals surface area contributed by atoms with E-state index in [-0.39, 0.29) is 6.10 Å². The number of likely N-dealkylation sites (N-methyl/N-ethyl adjacent to an activating group) is 1. The van der Waals surface area contributed by atoms with E-state index in [2.05, 4.69) is 27.9 Å². The maximum atomic E-state index is 9.34. The number of rotatable bonds is 4. The van der Waals surface area contributed by atoms with Crippen LogP contribution in [0.4, 0.5) is 0 Å². The Morgan fingerprint density at radius 3 is 2.76 bits per heavy atom. The summed E-state index contributed by atoms with van der Waals surface area (Å²) in [5.74, 6) is 0.887. The summed E-state index contributed by atoms with van der Waals surface area (Å²) in [4.78, 5) is 2.22. The van der Waals surface area contributed by atoms with Crippen molar-refractivity contribution in [1.82, 2.24) is 4.90 Å². The lowest BCUT2D eigenvalue weighted by Gasteiger charge is -2.36. The van der Waals surface area contributed by atoms with Gasteiger partial charge in [0.2, 0.25) is 0 Å². The second-order valence-electron chi connectivity index (χ2n) is 4.78. The number of aliphatic hydroxyl groups is 1. The zero-order valence-electron chi connectivity index (χ0n) is 10.2. The van der Waals surface area contributed by atoms with Crippen molar-refractivity contribution >= 4 is 15.9 Å². The van der Waals surface area contributed by atoms with Crippen molar-refractivity contribution in [3.63, 3.8) is 0 Å². The standard InChI is InChI=1S/C13H18BrNO2/c1-9(16)5-10-3-4-13(12(14)6-10)17-11-7-15(2)8-11/h3-4,6,9,11,16H,5,7-8H2,1-2H3. The van der Waals surface area contributed by atoms with E-state index in [0.717, 1.165) is 28.9 Å². The third-order valence-corrected chi connectivity index (χ3v) is 3.47. The van der Waals surface area contributed by atoms with Gasteiger partial charge < -0.3 is 9.84 Å². The molecule has 0 radical (unpaired) electrons. The van der Waals surface area contributed by atoms with Crippen LogP contribution >= 0.6 is 15.9 Å². The molecule has 1 aromatic rings. The van der Waals surface area contributed by atoms with E-state index in [1.54, 1.807) is 6.92 Å². The van der Waals surface area contributed by atoms with Gasteiger partial charge in [-0.25, -0.2) is 0 Å². The minimum Gasteiger partial charge on any atom is -0.487 e. The molecule has 4 heteroatoms. The van der Waals surface area contributed by atoms with Gasteiger partial charge in [0.25, 0.3) is 0 Å². The Kier molecular flexibility index (Phi) is 4.07. The Hall–Kier alpha value is -0.580. The van der Waals surface area contributed by atoms with Crippen LogP contribution in [-0.2, 0) is 6.42 Å². The van der Waals surface area contributed by atoms with E-state index < -0.39 is 0 Å². The van der Waals surface area contributed by atoms with Crippen LogP contribution in [0.5, 0.6) is 5.75 Å². The van der Waals surface area contributed by atoms with Crippen LogP contribution in [0.15, 0.2) is 22.7 Å². The second-order valence-corrected chi connectivity index (χ2v) is 5.63. The number of hydrogen-bond acceptors (Lipinski definition) is 3. The Labute approximate surface area is 111 Å². The van der Waals surface area contributed by atoms with Gasteiger partial charge in [0.1, 0.15) is 11.9 Å². The largest absolute Gasteiger partial charge is 0.487 e. The SMILES string of the molecule is CC(O)Cc1ccc(OC2CN(C)C2)c(Br)c1. The van der Waals surface area contributed by atoms with Gasteiger partial charge in [-0.1, -0.05) is 6.07 Å². The molecule has 17 heavy (non-hydrogen) atoms. The van der Waals surface area contributed by atoms with Gasteiger partial charge in [0, 0.05) is 13.1 Å². The fourth-order valence-corrected chi connectivity index (χ4v) is 2.52. The van der Waals surface area contributed by atoms with Crippen molar-refractivity contribution in [2.75, 3.05) is 20.1 Å². The molecule has 1 unspecified atom stereocenters. The van der Waals surface area contributed by atoms with Crippen molar-refractivity contribution in [2.24, 2.45) is 0 Å². The summed E-state index contributed by atoms with van der Waals surface area (Å²) >= 11 is 3.51.